The van der Waals surface area contributed by atoms with Crippen LogP contribution in [0, 0.1) is 5.41 Å². The Labute approximate surface area is 195 Å². The van der Waals surface area contributed by atoms with Crippen LogP contribution in [0.5, 0.6) is 5.75 Å². The van der Waals surface area contributed by atoms with Gasteiger partial charge in [-0.2, -0.15) is 0 Å². The number of aliphatic carboxylic acids is 1. The summed E-state index contributed by atoms with van der Waals surface area (Å²) in [4.78, 5) is 38.3. The van der Waals surface area contributed by atoms with Gasteiger partial charge < -0.3 is 19.2 Å². The summed E-state index contributed by atoms with van der Waals surface area (Å²) in [6.07, 6.45) is 0.309. The number of hydrogen-bond donors (Lipinski definition) is 1. The van der Waals surface area contributed by atoms with Crippen molar-refractivity contribution in [3.8, 4) is 16.9 Å². The summed E-state index contributed by atoms with van der Waals surface area (Å²) < 4.78 is 11.2. The van der Waals surface area contributed by atoms with Crippen molar-refractivity contribution in [2.24, 2.45) is 5.41 Å². The first-order chi connectivity index (χ1) is 15.7. The lowest BCUT2D eigenvalue weighted by atomic mass is 9.82. The molecule has 0 aliphatic carbocycles. The highest BCUT2D eigenvalue weighted by atomic mass is 35.5. The van der Waals surface area contributed by atoms with Gasteiger partial charge in [0.2, 0.25) is 0 Å². The zero-order valence-corrected chi connectivity index (χ0v) is 19.1. The standard InChI is InChI=1S/C25H24ClNO6/c1-15(23(29)27-11-5-10-25(2,14-27)24(30)31)32-16-8-9-18-19(13-22(28)33-21(18)12-16)17-6-3-4-7-20(17)26/h3-4,6-9,12-13,15H,5,10-11,14H2,1-2H3,(H,30,31). The van der Waals surface area contributed by atoms with Gasteiger partial charge in [0.15, 0.2) is 6.10 Å². The number of likely N-dealkylation sites (tertiary alicyclic amines) is 1. The first-order valence-electron chi connectivity index (χ1n) is 10.7. The number of piperidine rings is 1. The van der Waals surface area contributed by atoms with Crippen molar-refractivity contribution < 1.29 is 23.8 Å². The van der Waals surface area contributed by atoms with E-state index in [1.165, 1.54) is 6.07 Å². The van der Waals surface area contributed by atoms with Gasteiger partial charge in [-0.25, -0.2) is 4.79 Å². The summed E-state index contributed by atoms with van der Waals surface area (Å²) in [5.74, 6) is -0.832. The van der Waals surface area contributed by atoms with E-state index in [1.807, 2.05) is 18.2 Å². The third kappa shape index (κ3) is 4.59. The van der Waals surface area contributed by atoms with Gasteiger partial charge in [0, 0.05) is 46.8 Å². The molecule has 1 fully saturated rings. The Bertz CT molecular complexity index is 1290. The number of nitrogens with zero attached hydrogens (tertiary/aromatic N) is 1. The summed E-state index contributed by atoms with van der Waals surface area (Å²) in [6.45, 7) is 3.91. The van der Waals surface area contributed by atoms with Gasteiger partial charge in [0.25, 0.3) is 5.91 Å². The number of halogens is 1. The zero-order chi connectivity index (χ0) is 23.8. The highest BCUT2D eigenvalue weighted by molar-refractivity contribution is 6.33. The molecule has 0 radical (unpaired) electrons. The molecule has 2 atom stereocenters. The molecule has 2 heterocycles. The average Bonchev–Trinajstić information content (AvgIpc) is 2.78. The molecule has 1 aliphatic rings. The Morgan fingerprint density at radius 2 is 1.94 bits per heavy atom. The van der Waals surface area contributed by atoms with Crippen molar-refractivity contribution in [2.75, 3.05) is 13.1 Å². The summed E-state index contributed by atoms with van der Waals surface area (Å²) in [5.41, 5.74) is 0.172. The van der Waals surface area contributed by atoms with E-state index >= 15 is 0 Å². The van der Waals surface area contributed by atoms with Crippen LogP contribution in [0.25, 0.3) is 22.1 Å². The predicted octanol–water partition coefficient (Wildman–Crippen LogP) is 4.59. The number of carboxylic acid groups (broad SMARTS) is 1. The van der Waals surface area contributed by atoms with Gasteiger partial charge in [-0.05, 0) is 44.9 Å². The molecule has 0 spiro atoms. The monoisotopic (exact) mass is 469 g/mol. The van der Waals surface area contributed by atoms with Crippen LogP contribution in [-0.2, 0) is 9.59 Å². The lowest BCUT2D eigenvalue weighted by molar-refractivity contribution is -0.155. The minimum atomic E-state index is -0.963. The van der Waals surface area contributed by atoms with Crippen LogP contribution in [-0.4, -0.2) is 41.1 Å². The maximum absolute atomic E-state index is 12.9. The summed E-state index contributed by atoms with van der Waals surface area (Å²) in [6, 6.07) is 13.6. The minimum Gasteiger partial charge on any atom is -0.481 e. The molecule has 1 aliphatic heterocycles. The maximum Gasteiger partial charge on any atom is 0.336 e. The number of carbonyl (C=O) groups excluding carboxylic acids is 1. The first-order valence-corrected chi connectivity index (χ1v) is 11.1. The third-order valence-corrected chi connectivity index (χ3v) is 6.39. The van der Waals surface area contributed by atoms with E-state index in [4.69, 9.17) is 20.8 Å². The minimum absolute atomic E-state index is 0.142. The molecule has 1 amide bonds. The van der Waals surface area contributed by atoms with Crippen LogP contribution in [0.4, 0.5) is 0 Å². The second-order valence-electron chi connectivity index (χ2n) is 8.61. The van der Waals surface area contributed by atoms with E-state index in [9.17, 15) is 19.5 Å². The number of fused-ring (bicyclic) bond motifs is 1. The number of amides is 1. The van der Waals surface area contributed by atoms with E-state index in [2.05, 4.69) is 0 Å². The highest BCUT2D eigenvalue weighted by Gasteiger charge is 2.40. The van der Waals surface area contributed by atoms with Crippen molar-refractivity contribution in [2.45, 2.75) is 32.8 Å². The number of carboxylic acids is 1. The molecule has 2 aromatic carbocycles. The Hall–Kier alpha value is -3.32. The zero-order valence-electron chi connectivity index (χ0n) is 18.3. The third-order valence-electron chi connectivity index (χ3n) is 6.07. The number of hydrogen-bond acceptors (Lipinski definition) is 5. The van der Waals surface area contributed by atoms with E-state index in [1.54, 1.807) is 43.0 Å². The summed E-state index contributed by atoms with van der Waals surface area (Å²) in [7, 11) is 0. The molecular weight excluding hydrogens is 446 g/mol. The van der Waals surface area contributed by atoms with Crippen molar-refractivity contribution in [3.05, 3.63) is 64.0 Å². The lowest BCUT2D eigenvalue weighted by Crippen LogP contribution is -2.51. The van der Waals surface area contributed by atoms with Crippen LogP contribution in [0.2, 0.25) is 5.02 Å². The van der Waals surface area contributed by atoms with Crippen molar-refractivity contribution >= 4 is 34.4 Å². The maximum atomic E-state index is 12.9. The Morgan fingerprint density at radius 1 is 1.18 bits per heavy atom. The summed E-state index contributed by atoms with van der Waals surface area (Å²) >= 11 is 6.32. The second kappa shape index (κ2) is 8.90. The molecule has 4 rings (SSSR count). The van der Waals surface area contributed by atoms with Crippen molar-refractivity contribution in [1.82, 2.24) is 4.90 Å². The molecular formula is C25H24ClNO6. The topological polar surface area (TPSA) is 97.0 Å². The van der Waals surface area contributed by atoms with Gasteiger partial charge in [-0.3, -0.25) is 9.59 Å². The fraction of sp³-hybridized carbons (Fsp3) is 0.320. The van der Waals surface area contributed by atoms with E-state index in [0.29, 0.717) is 52.3 Å². The lowest BCUT2D eigenvalue weighted by Gasteiger charge is -2.38. The molecule has 1 N–H and O–H groups in total. The van der Waals surface area contributed by atoms with Crippen LogP contribution < -0.4 is 10.4 Å². The van der Waals surface area contributed by atoms with Gasteiger partial charge in [0.05, 0.1) is 5.41 Å². The molecule has 2 unspecified atom stereocenters. The van der Waals surface area contributed by atoms with Gasteiger partial charge in [0.1, 0.15) is 11.3 Å². The van der Waals surface area contributed by atoms with Gasteiger partial charge in [-0.1, -0.05) is 29.8 Å². The Balaban J connectivity index is 1.58. The molecule has 0 bridgehead atoms. The largest absolute Gasteiger partial charge is 0.481 e. The molecule has 0 saturated carbocycles. The fourth-order valence-electron chi connectivity index (χ4n) is 4.23. The average molecular weight is 470 g/mol. The number of ether oxygens (including phenoxy) is 1. The SMILES string of the molecule is CC(Oc1ccc2c(-c3ccccc3Cl)cc(=O)oc2c1)C(=O)N1CCCC(C)(C(=O)O)C1. The predicted molar refractivity (Wildman–Crippen MR) is 125 cm³/mol. The number of benzene rings is 2. The molecule has 172 valence electrons. The van der Waals surface area contributed by atoms with Crippen molar-refractivity contribution in [1.29, 1.82) is 0 Å². The van der Waals surface area contributed by atoms with E-state index in [-0.39, 0.29) is 12.5 Å². The van der Waals surface area contributed by atoms with E-state index < -0.39 is 23.1 Å². The summed E-state index contributed by atoms with van der Waals surface area (Å²) in [5, 5.41) is 10.7. The molecule has 7 nitrogen and oxygen atoms in total. The smallest absolute Gasteiger partial charge is 0.336 e. The van der Waals surface area contributed by atoms with Gasteiger partial charge in [-0.15, -0.1) is 0 Å². The molecule has 8 heteroatoms. The highest BCUT2D eigenvalue weighted by Crippen LogP contribution is 2.34. The van der Waals surface area contributed by atoms with Crippen LogP contribution in [0.3, 0.4) is 0 Å². The molecule has 33 heavy (non-hydrogen) atoms. The van der Waals surface area contributed by atoms with Crippen molar-refractivity contribution in [3.63, 3.8) is 0 Å². The van der Waals surface area contributed by atoms with Crippen LogP contribution in [0.1, 0.15) is 26.7 Å². The van der Waals surface area contributed by atoms with Gasteiger partial charge >= 0.3 is 11.6 Å². The Morgan fingerprint density at radius 3 is 2.67 bits per heavy atom. The molecule has 1 aromatic heterocycles. The molecule has 1 saturated heterocycles. The quantitative estimate of drug-likeness (QED) is 0.549. The Kier molecular flexibility index (Phi) is 6.17. The number of rotatable bonds is 5. The van der Waals surface area contributed by atoms with Crippen LogP contribution in [0.15, 0.2) is 57.7 Å². The number of carbonyl (C=O) groups is 2. The van der Waals surface area contributed by atoms with Crippen LogP contribution >= 0.6 is 11.6 Å². The normalized spacial score (nSPS) is 19.3. The van der Waals surface area contributed by atoms with E-state index in [0.717, 1.165) is 0 Å². The first kappa shape index (κ1) is 22.9. The molecule has 3 aromatic rings. The second-order valence-corrected chi connectivity index (χ2v) is 9.01. The fourth-order valence-corrected chi connectivity index (χ4v) is 4.47.